The Bertz CT molecular complexity index is 441. The van der Waals surface area contributed by atoms with Gasteiger partial charge in [0.1, 0.15) is 0 Å². The lowest BCUT2D eigenvalue weighted by molar-refractivity contribution is 0.0585. The van der Waals surface area contributed by atoms with Gasteiger partial charge in [-0.3, -0.25) is 0 Å². The first-order chi connectivity index (χ1) is 8.90. The topological polar surface area (TPSA) is 35.2 Å². The summed E-state index contributed by atoms with van der Waals surface area (Å²) in [5.74, 6) is 0. The van der Waals surface area contributed by atoms with Gasteiger partial charge in [-0.15, -0.1) is 0 Å². The van der Waals surface area contributed by atoms with E-state index in [-0.39, 0.29) is 6.10 Å². The van der Waals surface area contributed by atoms with Crippen molar-refractivity contribution >= 4 is 0 Å². The van der Waals surface area contributed by atoms with Gasteiger partial charge in [0.15, 0.2) is 0 Å². The van der Waals surface area contributed by atoms with E-state index in [4.69, 9.17) is 10.5 Å². The van der Waals surface area contributed by atoms with Crippen LogP contribution >= 0.6 is 0 Å². The van der Waals surface area contributed by atoms with Crippen LogP contribution in [0.15, 0.2) is 60.7 Å². The molecule has 1 atom stereocenters. The minimum Gasteiger partial charge on any atom is -0.372 e. The van der Waals surface area contributed by atoms with Gasteiger partial charge in [0.05, 0.1) is 12.7 Å². The molecule has 2 aromatic carbocycles. The molecule has 0 radical (unpaired) electrons. The summed E-state index contributed by atoms with van der Waals surface area (Å²) in [6, 6.07) is 20.7. The first-order valence-corrected chi connectivity index (χ1v) is 6.30. The van der Waals surface area contributed by atoms with E-state index in [1.165, 1.54) is 11.1 Å². The number of rotatable bonds is 6. The first kappa shape index (κ1) is 12.8. The Morgan fingerprint density at radius 2 is 1.50 bits per heavy atom. The van der Waals surface area contributed by atoms with E-state index in [1.54, 1.807) is 0 Å². The third-order valence-electron chi connectivity index (χ3n) is 2.87. The van der Waals surface area contributed by atoms with Crippen molar-refractivity contribution in [2.24, 2.45) is 5.73 Å². The third kappa shape index (κ3) is 3.69. The fourth-order valence-electron chi connectivity index (χ4n) is 1.98. The molecule has 0 fully saturated rings. The highest BCUT2D eigenvalue weighted by Gasteiger charge is 2.12. The molecular formula is C16H19NO. The van der Waals surface area contributed by atoms with Crippen LogP contribution in [0.1, 0.15) is 17.2 Å². The van der Waals surface area contributed by atoms with Gasteiger partial charge in [-0.2, -0.15) is 0 Å². The molecule has 0 spiro atoms. The normalized spacial score (nSPS) is 12.3. The average molecular weight is 241 g/mol. The van der Waals surface area contributed by atoms with Gasteiger partial charge in [-0.1, -0.05) is 60.7 Å². The Kier molecular flexibility index (Phi) is 4.94. The number of hydrogen-bond acceptors (Lipinski definition) is 2. The molecule has 2 nitrogen and oxygen atoms in total. The molecule has 0 aliphatic heterocycles. The van der Waals surface area contributed by atoms with Gasteiger partial charge < -0.3 is 10.5 Å². The smallest absolute Gasteiger partial charge is 0.0865 e. The molecule has 0 aliphatic carbocycles. The molecule has 94 valence electrons. The van der Waals surface area contributed by atoms with Crippen molar-refractivity contribution in [3.8, 4) is 0 Å². The third-order valence-corrected chi connectivity index (χ3v) is 2.87. The summed E-state index contributed by atoms with van der Waals surface area (Å²) in [6.45, 7) is 1.14. The lowest BCUT2D eigenvalue weighted by Gasteiger charge is -2.18. The molecule has 0 heterocycles. The van der Waals surface area contributed by atoms with Gasteiger partial charge in [0.25, 0.3) is 0 Å². The van der Waals surface area contributed by atoms with Crippen LogP contribution in [0, 0.1) is 0 Å². The van der Waals surface area contributed by atoms with Crippen LogP contribution in [0.3, 0.4) is 0 Å². The second-order valence-corrected chi connectivity index (χ2v) is 4.25. The van der Waals surface area contributed by atoms with Crippen LogP contribution in [0.4, 0.5) is 0 Å². The zero-order valence-corrected chi connectivity index (χ0v) is 10.5. The quantitative estimate of drug-likeness (QED) is 0.844. The van der Waals surface area contributed by atoms with Crippen LogP contribution in [-0.2, 0) is 11.2 Å². The van der Waals surface area contributed by atoms with Crippen molar-refractivity contribution in [2.75, 3.05) is 13.2 Å². The summed E-state index contributed by atoms with van der Waals surface area (Å²) in [5.41, 5.74) is 8.01. The lowest BCUT2D eigenvalue weighted by Crippen LogP contribution is -2.14. The number of ether oxygens (including phenoxy) is 1. The minimum atomic E-state index is 0.0807. The second kappa shape index (κ2) is 6.94. The van der Waals surface area contributed by atoms with Crippen LogP contribution in [0.25, 0.3) is 0 Å². The maximum absolute atomic E-state index is 5.86. The predicted molar refractivity (Wildman–Crippen MR) is 74.3 cm³/mol. The molecule has 0 bridgehead atoms. The zero-order valence-electron chi connectivity index (χ0n) is 10.5. The molecule has 2 N–H and O–H groups in total. The summed E-state index contributed by atoms with van der Waals surface area (Å²) < 4.78 is 5.86. The highest BCUT2D eigenvalue weighted by Crippen LogP contribution is 2.21. The first-order valence-electron chi connectivity index (χ1n) is 6.30. The molecular weight excluding hydrogens is 222 g/mol. The molecule has 2 aromatic rings. The van der Waals surface area contributed by atoms with E-state index in [1.807, 2.05) is 24.3 Å². The largest absolute Gasteiger partial charge is 0.372 e. The fraction of sp³-hybridized carbons (Fsp3) is 0.250. The Hall–Kier alpha value is -1.64. The number of hydrogen-bond donors (Lipinski definition) is 1. The SMILES string of the molecule is NCCOC(Cc1ccccc1)c1ccccc1. The Morgan fingerprint density at radius 1 is 0.889 bits per heavy atom. The van der Waals surface area contributed by atoms with Crippen molar-refractivity contribution in [3.63, 3.8) is 0 Å². The number of nitrogens with two attached hydrogens (primary N) is 1. The van der Waals surface area contributed by atoms with Gasteiger partial charge in [-0.05, 0) is 11.1 Å². The lowest BCUT2D eigenvalue weighted by atomic mass is 10.0. The van der Waals surface area contributed by atoms with Crippen molar-refractivity contribution in [1.82, 2.24) is 0 Å². The molecule has 0 amide bonds. The molecule has 1 unspecified atom stereocenters. The van der Waals surface area contributed by atoms with Gasteiger partial charge >= 0.3 is 0 Å². The second-order valence-electron chi connectivity index (χ2n) is 4.25. The Balaban J connectivity index is 2.10. The van der Waals surface area contributed by atoms with E-state index in [9.17, 15) is 0 Å². The van der Waals surface area contributed by atoms with E-state index >= 15 is 0 Å². The highest BCUT2D eigenvalue weighted by molar-refractivity contribution is 5.22. The van der Waals surface area contributed by atoms with E-state index in [0.29, 0.717) is 13.2 Å². The summed E-state index contributed by atoms with van der Waals surface area (Å²) in [4.78, 5) is 0. The average Bonchev–Trinajstić information content (AvgIpc) is 2.45. The van der Waals surface area contributed by atoms with Crippen molar-refractivity contribution in [1.29, 1.82) is 0 Å². The van der Waals surface area contributed by atoms with E-state index in [2.05, 4.69) is 36.4 Å². The molecule has 2 rings (SSSR count). The van der Waals surface area contributed by atoms with Crippen LogP contribution in [0.5, 0.6) is 0 Å². The summed E-state index contributed by atoms with van der Waals surface area (Å²) >= 11 is 0. The molecule has 0 saturated carbocycles. The van der Waals surface area contributed by atoms with Crippen molar-refractivity contribution in [2.45, 2.75) is 12.5 Å². The zero-order chi connectivity index (χ0) is 12.6. The van der Waals surface area contributed by atoms with Crippen LogP contribution in [-0.4, -0.2) is 13.2 Å². The fourth-order valence-corrected chi connectivity index (χ4v) is 1.98. The Labute approximate surface area is 108 Å². The molecule has 0 aliphatic rings. The maximum atomic E-state index is 5.86. The maximum Gasteiger partial charge on any atom is 0.0865 e. The molecule has 0 aromatic heterocycles. The predicted octanol–water partition coefficient (Wildman–Crippen LogP) is 2.95. The van der Waals surface area contributed by atoms with Gasteiger partial charge in [-0.25, -0.2) is 0 Å². The van der Waals surface area contributed by atoms with E-state index < -0.39 is 0 Å². The van der Waals surface area contributed by atoms with Crippen molar-refractivity contribution < 1.29 is 4.74 Å². The van der Waals surface area contributed by atoms with Gasteiger partial charge in [0, 0.05) is 13.0 Å². The standard InChI is InChI=1S/C16H19NO/c17-11-12-18-16(15-9-5-2-6-10-15)13-14-7-3-1-4-8-14/h1-10,16H,11-13,17H2. The van der Waals surface area contributed by atoms with Crippen LogP contribution < -0.4 is 5.73 Å². The van der Waals surface area contributed by atoms with Crippen LogP contribution in [0.2, 0.25) is 0 Å². The highest BCUT2D eigenvalue weighted by atomic mass is 16.5. The molecule has 18 heavy (non-hydrogen) atoms. The number of benzene rings is 2. The summed E-state index contributed by atoms with van der Waals surface area (Å²) in [7, 11) is 0. The molecule has 2 heteroatoms. The van der Waals surface area contributed by atoms with Crippen molar-refractivity contribution in [3.05, 3.63) is 71.8 Å². The summed E-state index contributed by atoms with van der Waals surface area (Å²) in [5, 5.41) is 0. The monoisotopic (exact) mass is 241 g/mol. The summed E-state index contributed by atoms with van der Waals surface area (Å²) in [6.07, 6.45) is 0.961. The van der Waals surface area contributed by atoms with E-state index in [0.717, 1.165) is 6.42 Å². The van der Waals surface area contributed by atoms with Gasteiger partial charge in [0.2, 0.25) is 0 Å². The Morgan fingerprint density at radius 3 is 2.11 bits per heavy atom. The minimum absolute atomic E-state index is 0.0807. The molecule has 0 saturated heterocycles.